The molecule has 25 heavy (non-hydrogen) atoms. The number of halogens is 1. The molecule has 5 nitrogen and oxygen atoms in total. The smallest absolute Gasteiger partial charge is 0.234 e. The van der Waals surface area contributed by atoms with Crippen LogP contribution in [0.4, 0.5) is 5.69 Å². The quantitative estimate of drug-likeness (QED) is 0.456. The summed E-state index contributed by atoms with van der Waals surface area (Å²) in [5.41, 5.74) is 3.01. The molecule has 2 aromatic carbocycles. The van der Waals surface area contributed by atoms with E-state index < -0.39 is 0 Å². The highest BCUT2D eigenvalue weighted by atomic mass is 127. The number of hydrogen-bond acceptors (Lipinski definition) is 4. The number of thioether (sulfide) groups is 1. The van der Waals surface area contributed by atoms with Gasteiger partial charge in [-0.25, -0.2) is 0 Å². The van der Waals surface area contributed by atoms with Gasteiger partial charge in [-0.1, -0.05) is 47.7 Å². The Morgan fingerprint density at radius 1 is 1.20 bits per heavy atom. The summed E-state index contributed by atoms with van der Waals surface area (Å²) in [5.74, 6) is 1.01. The van der Waals surface area contributed by atoms with Crippen molar-refractivity contribution in [3.63, 3.8) is 0 Å². The van der Waals surface area contributed by atoms with E-state index in [4.69, 9.17) is 0 Å². The summed E-state index contributed by atoms with van der Waals surface area (Å²) < 4.78 is 2.99. The first kappa shape index (κ1) is 17.9. The minimum atomic E-state index is -0.0631. The van der Waals surface area contributed by atoms with Crippen LogP contribution in [0.15, 0.2) is 53.7 Å². The van der Waals surface area contributed by atoms with Gasteiger partial charge in [0.05, 0.1) is 5.75 Å². The van der Waals surface area contributed by atoms with Gasteiger partial charge in [-0.15, -0.1) is 10.2 Å². The van der Waals surface area contributed by atoms with Crippen molar-refractivity contribution in [1.29, 1.82) is 0 Å². The van der Waals surface area contributed by atoms with Crippen LogP contribution in [0, 0.1) is 10.5 Å². The van der Waals surface area contributed by atoms with Crippen LogP contribution in [0.1, 0.15) is 5.56 Å². The highest BCUT2D eigenvalue weighted by Gasteiger charge is 2.13. The molecule has 1 heterocycles. The van der Waals surface area contributed by atoms with Crippen molar-refractivity contribution >= 4 is 45.9 Å². The fraction of sp³-hybridized carbons (Fsp3) is 0.167. The fourth-order valence-electron chi connectivity index (χ4n) is 2.29. The molecule has 0 bridgehead atoms. The normalized spacial score (nSPS) is 10.7. The second-order valence-electron chi connectivity index (χ2n) is 5.58. The highest BCUT2D eigenvalue weighted by Crippen LogP contribution is 2.23. The van der Waals surface area contributed by atoms with Crippen molar-refractivity contribution in [2.45, 2.75) is 12.1 Å². The van der Waals surface area contributed by atoms with Gasteiger partial charge in [-0.05, 0) is 47.7 Å². The van der Waals surface area contributed by atoms with Crippen molar-refractivity contribution in [2.75, 3.05) is 11.1 Å². The van der Waals surface area contributed by atoms with E-state index in [-0.39, 0.29) is 11.7 Å². The summed E-state index contributed by atoms with van der Waals surface area (Å²) in [4.78, 5) is 12.1. The topological polar surface area (TPSA) is 59.8 Å². The Balaban J connectivity index is 1.64. The van der Waals surface area contributed by atoms with Gasteiger partial charge in [-0.2, -0.15) is 0 Å². The summed E-state index contributed by atoms with van der Waals surface area (Å²) in [6.45, 7) is 2.05. The number of amides is 1. The third-order valence-corrected chi connectivity index (χ3v) is 5.28. The zero-order valence-corrected chi connectivity index (χ0v) is 16.8. The summed E-state index contributed by atoms with van der Waals surface area (Å²) in [5, 5.41) is 12.1. The van der Waals surface area contributed by atoms with Crippen molar-refractivity contribution in [2.24, 2.45) is 7.05 Å². The number of hydrogen-bond donors (Lipinski definition) is 1. The predicted octanol–water partition coefficient (Wildman–Crippen LogP) is 4.13. The maximum absolute atomic E-state index is 12.1. The molecule has 1 N–H and O–H groups in total. The average Bonchev–Trinajstić information content (AvgIpc) is 2.94. The van der Waals surface area contributed by atoms with Crippen LogP contribution >= 0.6 is 34.4 Å². The maximum atomic E-state index is 12.1. The Morgan fingerprint density at radius 2 is 1.96 bits per heavy atom. The van der Waals surface area contributed by atoms with Crippen molar-refractivity contribution in [1.82, 2.24) is 14.8 Å². The Morgan fingerprint density at radius 3 is 2.68 bits per heavy atom. The van der Waals surface area contributed by atoms with Gasteiger partial charge < -0.3 is 9.88 Å². The molecule has 0 saturated heterocycles. The van der Waals surface area contributed by atoms with E-state index in [1.807, 2.05) is 67.1 Å². The lowest BCUT2D eigenvalue weighted by Gasteiger charge is -2.06. The van der Waals surface area contributed by atoms with Gasteiger partial charge in [0.2, 0.25) is 5.91 Å². The molecule has 0 fully saturated rings. The number of benzene rings is 2. The SMILES string of the molecule is Cc1ccc(-c2nnc(SCC(=O)Nc3cccc(I)c3)n2C)cc1. The fourth-order valence-corrected chi connectivity index (χ4v) is 3.54. The molecule has 1 aromatic heterocycles. The Kier molecular flexibility index (Phi) is 5.74. The van der Waals surface area contributed by atoms with E-state index >= 15 is 0 Å². The number of carbonyl (C=O) groups is 1. The molecule has 0 atom stereocenters. The molecular weight excluding hydrogens is 447 g/mol. The molecule has 0 unspecified atom stereocenters. The zero-order chi connectivity index (χ0) is 17.8. The monoisotopic (exact) mass is 464 g/mol. The lowest BCUT2D eigenvalue weighted by Crippen LogP contribution is -2.14. The Hall–Kier alpha value is -1.87. The lowest BCUT2D eigenvalue weighted by atomic mass is 10.1. The van der Waals surface area contributed by atoms with Gasteiger partial charge >= 0.3 is 0 Å². The van der Waals surface area contributed by atoms with E-state index in [1.165, 1.54) is 17.3 Å². The van der Waals surface area contributed by atoms with Gasteiger partial charge in [0.25, 0.3) is 0 Å². The minimum Gasteiger partial charge on any atom is -0.325 e. The van der Waals surface area contributed by atoms with Crippen molar-refractivity contribution in [3.8, 4) is 11.4 Å². The summed E-state index contributed by atoms with van der Waals surface area (Å²) >= 11 is 3.59. The largest absolute Gasteiger partial charge is 0.325 e. The molecule has 128 valence electrons. The van der Waals surface area contributed by atoms with E-state index in [1.54, 1.807) is 0 Å². The zero-order valence-electron chi connectivity index (χ0n) is 13.9. The first-order chi connectivity index (χ1) is 12.0. The molecule has 3 rings (SSSR count). The van der Waals surface area contributed by atoms with Gasteiger partial charge in [0.1, 0.15) is 0 Å². The third kappa shape index (κ3) is 4.60. The van der Waals surface area contributed by atoms with Crippen LogP contribution in [0.3, 0.4) is 0 Å². The third-order valence-electron chi connectivity index (χ3n) is 3.59. The first-order valence-corrected chi connectivity index (χ1v) is 9.74. The average molecular weight is 464 g/mol. The van der Waals surface area contributed by atoms with E-state index in [2.05, 4.69) is 38.1 Å². The number of nitrogens with one attached hydrogen (secondary N) is 1. The summed E-state index contributed by atoms with van der Waals surface area (Å²) in [6.07, 6.45) is 0. The van der Waals surface area contributed by atoms with Gasteiger partial charge in [-0.3, -0.25) is 4.79 Å². The van der Waals surface area contributed by atoms with Crippen LogP contribution < -0.4 is 5.32 Å². The molecule has 0 saturated carbocycles. The van der Waals surface area contributed by atoms with Crippen LogP contribution in [0.2, 0.25) is 0 Å². The number of rotatable bonds is 5. The molecule has 7 heteroatoms. The lowest BCUT2D eigenvalue weighted by molar-refractivity contribution is -0.113. The molecule has 0 spiro atoms. The number of aryl methyl sites for hydroxylation is 1. The second kappa shape index (κ2) is 8.01. The van der Waals surface area contributed by atoms with Crippen LogP contribution in [-0.2, 0) is 11.8 Å². The summed E-state index contributed by atoms with van der Waals surface area (Å²) in [7, 11) is 1.91. The molecule has 0 aliphatic carbocycles. The van der Waals surface area contributed by atoms with Crippen molar-refractivity contribution in [3.05, 3.63) is 57.7 Å². The summed E-state index contributed by atoms with van der Waals surface area (Å²) in [6, 6.07) is 15.9. The molecule has 3 aromatic rings. The molecule has 0 aliphatic heterocycles. The first-order valence-electron chi connectivity index (χ1n) is 7.67. The van der Waals surface area contributed by atoms with E-state index in [0.29, 0.717) is 5.16 Å². The van der Waals surface area contributed by atoms with E-state index in [9.17, 15) is 4.79 Å². The molecule has 0 radical (unpaired) electrons. The van der Waals surface area contributed by atoms with Crippen LogP contribution in [0.5, 0.6) is 0 Å². The van der Waals surface area contributed by atoms with Crippen LogP contribution in [0.25, 0.3) is 11.4 Å². The molecule has 0 aliphatic rings. The van der Waals surface area contributed by atoms with Crippen molar-refractivity contribution < 1.29 is 4.79 Å². The van der Waals surface area contributed by atoms with Crippen LogP contribution in [-0.4, -0.2) is 26.4 Å². The Labute approximate surface area is 164 Å². The standard InChI is InChI=1S/C18H17IN4OS/c1-12-6-8-13(9-7-12)17-21-22-18(23(17)2)25-11-16(24)20-15-5-3-4-14(19)10-15/h3-10H,11H2,1-2H3,(H,20,24). The second-order valence-corrected chi connectivity index (χ2v) is 7.77. The number of carbonyl (C=O) groups excluding carboxylic acids is 1. The van der Waals surface area contributed by atoms with Gasteiger partial charge in [0, 0.05) is 21.9 Å². The number of anilines is 1. The molecule has 1 amide bonds. The minimum absolute atomic E-state index is 0.0631. The molecular formula is C18H17IN4OS. The number of nitrogens with zero attached hydrogens (tertiary/aromatic N) is 3. The van der Waals surface area contributed by atoms with Gasteiger partial charge in [0.15, 0.2) is 11.0 Å². The Bertz CT molecular complexity index is 892. The highest BCUT2D eigenvalue weighted by molar-refractivity contribution is 14.1. The maximum Gasteiger partial charge on any atom is 0.234 e. The number of aromatic nitrogens is 3. The van der Waals surface area contributed by atoms with E-state index in [0.717, 1.165) is 20.6 Å². The predicted molar refractivity (Wildman–Crippen MR) is 110 cm³/mol.